The SMILES string of the molecule is O=C1CC(C(O)C(=O)O)CO1. The summed E-state index contributed by atoms with van der Waals surface area (Å²) in [5.41, 5.74) is 0. The van der Waals surface area contributed by atoms with Crippen LogP contribution in [-0.4, -0.2) is 34.9 Å². The maximum atomic E-state index is 10.5. The maximum absolute atomic E-state index is 10.5. The van der Waals surface area contributed by atoms with Crippen molar-refractivity contribution in [2.24, 2.45) is 5.92 Å². The van der Waals surface area contributed by atoms with Crippen LogP contribution in [0.2, 0.25) is 0 Å². The van der Waals surface area contributed by atoms with Gasteiger partial charge in [-0.1, -0.05) is 0 Å². The minimum Gasteiger partial charge on any atom is -0.479 e. The number of carboxylic acids is 1. The van der Waals surface area contributed by atoms with E-state index in [0.717, 1.165) is 0 Å². The number of ether oxygens (including phenoxy) is 1. The number of aliphatic hydroxyl groups is 1. The fraction of sp³-hybridized carbons (Fsp3) is 0.667. The number of carboxylic acid groups (broad SMARTS) is 1. The number of cyclic esters (lactones) is 1. The first-order valence-corrected chi connectivity index (χ1v) is 3.17. The highest BCUT2D eigenvalue weighted by molar-refractivity contribution is 5.76. The summed E-state index contributed by atoms with van der Waals surface area (Å²) in [6, 6.07) is 0. The molecule has 62 valence electrons. The number of rotatable bonds is 2. The summed E-state index contributed by atoms with van der Waals surface area (Å²) in [5.74, 6) is -2.34. The van der Waals surface area contributed by atoms with Gasteiger partial charge in [-0.05, 0) is 0 Å². The first-order valence-electron chi connectivity index (χ1n) is 3.17. The van der Waals surface area contributed by atoms with Crippen molar-refractivity contribution < 1.29 is 24.5 Å². The molecule has 1 rings (SSSR count). The van der Waals surface area contributed by atoms with Crippen molar-refractivity contribution >= 4 is 11.9 Å². The highest BCUT2D eigenvalue weighted by Gasteiger charge is 2.33. The quantitative estimate of drug-likeness (QED) is 0.506. The van der Waals surface area contributed by atoms with Gasteiger partial charge in [0.15, 0.2) is 6.10 Å². The van der Waals surface area contributed by atoms with E-state index < -0.39 is 24.0 Å². The van der Waals surface area contributed by atoms with Gasteiger partial charge >= 0.3 is 11.9 Å². The molecule has 11 heavy (non-hydrogen) atoms. The topological polar surface area (TPSA) is 83.8 Å². The van der Waals surface area contributed by atoms with Crippen molar-refractivity contribution in [1.29, 1.82) is 0 Å². The zero-order chi connectivity index (χ0) is 8.43. The van der Waals surface area contributed by atoms with Crippen molar-refractivity contribution in [3.05, 3.63) is 0 Å². The van der Waals surface area contributed by atoms with Crippen molar-refractivity contribution in [3.8, 4) is 0 Å². The standard InChI is InChI=1S/C6H8O5/c7-4-1-3(2-11-4)5(8)6(9)10/h3,5,8H,1-2H2,(H,9,10). The summed E-state index contributed by atoms with van der Waals surface area (Å²) < 4.78 is 4.47. The zero-order valence-corrected chi connectivity index (χ0v) is 5.69. The van der Waals surface area contributed by atoms with Gasteiger partial charge in [-0.25, -0.2) is 4.79 Å². The van der Waals surface area contributed by atoms with Crippen LogP contribution in [0.25, 0.3) is 0 Å². The molecule has 0 aromatic carbocycles. The maximum Gasteiger partial charge on any atom is 0.332 e. The average molecular weight is 160 g/mol. The first-order chi connectivity index (χ1) is 5.11. The van der Waals surface area contributed by atoms with Crippen LogP contribution in [0, 0.1) is 5.92 Å². The molecule has 1 fully saturated rings. The summed E-state index contributed by atoms with van der Waals surface area (Å²) in [7, 11) is 0. The molecule has 0 spiro atoms. The Bertz CT molecular complexity index is 187. The molecule has 2 N–H and O–H groups in total. The van der Waals surface area contributed by atoms with Crippen LogP contribution < -0.4 is 0 Å². The van der Waals surface area contributed by atoms with Gasteiger partial charge in [0.2, 0.25) is 0 Å². The second kappa shape index (κ2) is 2.87. The Labute approximate surface area is 62.6 Å². The summed E-state index contributed by atoms with van der Waals surface area (Å²) in [6.07, 6.45) is -1.49. The summed E-state index contributed by atoms with van der Waals surface area (Å²) in [4.78, 5) is 20.6. The molecular formula is C6H8O5. The minimum atomic E-state index is -1.48. The van der Waals surface area contributed by atoms with E-state index in [-0.39, 0.29) is 13.0 Å². The lowest BCUT2D eigenvalue weighted by Crippen LogP contribution is -2.29. The van der Waals surface area contributed by atoms with Crippen molar-refractivity contribution in [3.63, 3.8) is 0 Å². The Kier molecular flexibility index (Phi) is 2.09. The van der Waals surface area contributed by atoms with Crippen LogP contribution >= 0.6 is 0 Å². The van der Waals surface area contributed by atoms with Crippen LogP contribution in [0.15, 0.2) is 0 Å². The van der Waals surface area contributed by atoms with Gasteiger partial charge in [0.1, 0.15) is 0 Å². The normalized spacial score (nSPS) is 26.3. The highest BCUT2D eigenvalue weighted by Crippen LogP contribution is 2.17. The van der Waals surface area contributed by atoms with Crippen LogP contribution in [0.5, 0.6) is 0 Å². The average Bonchev–Trinajstić information content (AvgIpc) is 2.34. The molecular weight excluding hydrogens is 152 g/mol. The third kappa shape index (κ3) is 1.68. The minimum absolute atomic E-state index is 0.00625. The molecule has 5 heteroatoms. The lowest BCUT2D eigenvalue weighted by Gasteiger charge is -2.08. The van der Waals surface area contributed by atoms with E-state index in [1.807, 2.05) is 0 Å². The van der Waals surface area contributed by atoms with E-state index >= 15 is 0 Å². The predicted octanol–water partition coefficient (Wildman–Crippen LogP) is -1.00. The van der Waals surface area contributed by atoms with Gasteiger partial charge in [0.25, 0.3) is 0 Å². The molecule has 1 heterocycles. The van der Waals surface area contributed by atoms with Gasteiger partial charge in [0, 0.05) is 5.92 Å². The van der Waals surface area contributed by atoms with E-state index in [9.17, 15) is 9.59 Å². The molecule has 1 aliphatic heterocycles. The molecule has 2 unspecified atom stereocenters. The molecule has 0 aromatic rings. The van der Waals surface area contributed by atoms with E-state index in [1.165, 1.54) is 0 Å². The van der Waals surface area contributed by atoms with Gasteiger partial charge in [-0.15, -0.1) is 0 Å². The Hall–Kier alpha value is -1.10. The Balaban J connectivity index is 2.49. The van der Waals surface area contributed by atoms with Crippen LogP contribution in [0.4, 0.5) is 0 Å². The van der Waals surface area contributed by atoms with Crippen molar-refractivity contribution in [2.75, 3.05) is 6.61 Å². The van der Waals surface area contributed by atoms with E-state index in [0.29, 0.717) is 0 Å². The molecule has 0 saturated carbocycles. The number of esters is 1. The number of aliphatic hydroxyl groups excluding tert-OH is 1. The summed E-state index contributed by atoms with van der Waals surface area (Å²) in [6.45, 7) is 0.00625. The van der Waals surface area contributed by atoms with E-state index in [1.54, 1.807) is 0 Å². The summed E-state index contributed by atoms with van der Waals surface area (Å²) >= 11 is 0. The Morgan fingerprint density at radius 3 is 2.73 bits per heavy atom. The number of hydrogen-bond donors (Lipinski definition) is 2. The molecule has 2 atom stereocenters. The summed E-state index contributed by atoms with van der Waals surface area (Å²) in [5, 5.41) is 17.2. The van der Waals surface area contributed by atoms with Crippen molar-refractivity contribution in [2.45, 2.75) is 12.5 Å². The Morgan fingerprint density at radius 1 is 1.73 bits per heavy atom. The van der Waals surface area contributed by atoms with Crippen LogP contribution in [-0.2, 0) is 14.3 Å². The third-order valence-electron chi connectivity index (χ3n) is 1.59. The van der Waals surface area contributed by atoms with Gasteiger partial charge in [0.05, 0.1) is 13.0 Å². The van der Waals surface area contributed by atoms with Crippen LogP contribution in [0.1, 0.15) is 6.42 Å². The number of hydrogen-bond acceptors (Lipinski definition) is 4. The van der Waals surface area contributed by atoms with Gasteiger partial charge in [-0.3, -0.25) is 4.79 Å². The van der Waals surface area contributed by atoms with Crippen LogP contribution in [0.3, 0.4) is 0 Å². The molecule has 0 radical (unpaired) electrons. The van der Waals surface area contributed by atoms with Gasteiger partial charge in [-0.2, -0.15) is 0 Å². The highest BCUT2D eigenvalue weighted by atomic mass is 16.5. The largest absolute Gasteiger partial charge is 0.479 e. The molecule has 0 amide bonds. The van der Waals surface area contributed by atoms with E-state index in [4.69, 9.17) is 10.2 Å². The second-order valence-electron chi connectivity index (χ2n) is 2.43. The van der Waals surface area contributed by atoms with E-state index in [2.05, 4.69) is 4.74 Å². The number of carbonyl (C=O) groups excluding carboxylic acids is 1. The molecule has 0 bridgehead atoms. The smallest absolute Gasteiger partial charge is 0.332 e. The first kappa shape index (κ1) is 8.00. The predicted molar refractivity (Wildman–Crippen MR) is 32.7 cm³/mol. The second-order valence-corrected chi connectivity index (χ2v) is 2.43. The lowest BCUT2D eigenvalue weighted by molar-refractivity contribution is -0.149. The molecule has 0 aliphatic carbocycles. The lowest BCUT2D eigenvalue weighted by atomic mass is 10.0. The van der Waals surface area contributed by atoms with Crippen molar-refractivity contribution in [1.82, 2.24) is 0 Å². The number of aliphatic carboxylic acids is 1. The molecule has 1 aliphatic rings. The van der Waals surface area contributed by atoms with Gasteiger partial charge < -0.3 is 14.9 Å². The molecule has 1 saturated heterocycles. The fourth-order valence-corrected chi connectivity index (χ4v) is 0.936. The zero-order valence-electron chi connectivity index (χ0n) is 5.69. The fourth-order valence-electron chi connectivity index (χ4n) is 0.936. The monoisotopic (exact) mass is 160 g/mol. The Morgan fingerprint density at radius 2 is 2.36 bits per heavy atom. The molecule has 0 aromatic heterocycles. The molecule has 5 nitrogen and oxygen atoms in total. The number of carbonyl (C=O) groups is 2. The third-order valence-corrected chi connectivity index (χ3v) is 1.59.